The largest absolute Gasteiger partial charge is 0.508 e. The van der Waals surface area contributed by atoms with Crippen molar-refractivity contribution in [2.75, 3.05) is 0 Å². The summed E-state index contributed by atoms with van der Waals surface area (Å²) in [6.45, 7) is 19.0. The van der Waals surface area contributed by atoms with Crippen LogP contribution in [-0.4, -0.2) is 10.2 Å². The summed E-state index contributed by atoms with van der Waals surface area (Å²) >= 11 is 0. The van der Waals surface area contributed by atoms with Crippen LogP contribution in [0.15, 0.2) is 42.5 Å². The molecular formula is C24H36O2. The fraction of sp³-hybridized carbons (Fsp3) is 0.500. The lowest BCUT2D eigenvalue weighted by Crippen LogP contribution is -2.16. The summed E-state index contributed by atoms with van der Waals surface area (Å²) in [5.41, 5.74) is 3.06. The van der Waals surface area contributed by atoms with Crippen LogP contribution in [0.2, 0.25) is 0 Å². The summed E-state index contributed by atoms with van der Waals surface area (Å²) in [6, 6.07) is 13.5. The van der Waals surface area contributed by atoms with Gasteiger partial charge in [-0.05, 0) is 39.0 Å². The minimum atomic E-state index is -0.00859. The molecule has 0 spiro atoms. The monoisotopic (exact) mass is 356 g/mol. The first-order valence-electron chi connectivity index (χ1n) is 9.27. The lowest BCUT2D eigenvalue weighted by atomic mass is 9.80. The van der Waals surface area contributed by atoms with E-state index in [1.165, 1.54) is 0 Å². The normalized spacial score (nSPS) is 12.3. The molecule has 0 saturated carbocycles. The van der Waals surface area contributed by atoms with Gasteiger partial charge in [0.1, 0.15) is 11.5 Å². The van der Waals surface area contributed by atoms with Gasteiger partial charge in [-0.2, -0.15) is 0 Å². The molecule has 0 radical (unpaired) electrons. The van der Waals surface area contributed by atoms with Gasteiger partial charge in [0.15, 0.2) is 0 Å². The van der Waals surface area contributed by atoms with Crippen LogP contribution in [0.3, 0.4) is 0 Å². The molecule has 0 saturated heterocycles. The van der Waals surface area contributed by atoms with E-state index in [-0.39, 0.29) is 16.2 Å². The quantitative estimate of drug-likeness (QED) is 0.553. The molecule has 0 aromatic heterocycles. The smallest absolute Gasteiger partial charge is 0.123 e. The highest BCUT2D eigenvalue weighted by Crippen LogP contribution is 2.38. The Balaban J connectivity index is 0.000000273. The first-order chi connectivity index (χ1) is 11.7. The van der Waals surface area contributed by atoms with Crippen LogP contribution in [-0.2, 0) is 16.2 Å². The van der Waals surface area contributed by atoms with Crippen molar-refractivity contribution in [2.24, 2.45) is 0 Å². The van der Waals surface area contributed by atoms with Crippen molar-refractivity contribution in [3.8, 4) is 11.5 Å². The Bertz CT molecular complexity index is 691. The maximum absolute atomic E-state index is 10.3. The van der Waals surface area contributed by atoms with Gasteiger partial charge >= 0.3 is 0 Å². The molecule has 2 rings (SSSR count). The summed E-state index contributed by atoms with van der Waals surface area (Å²) in [5, 5.41) is 19.7. The minimum absolute atomic E-state index is 0.00859. The highest BCUT2D eigenvalue weighted by Gasteiger charge is 2.24. The minimum Gasteiger partial charge on any atom is -0.508 e. The molecule has 0 fully saturated rings. The first-order valence-corrected chi connectivity index (χ1v) is 9.27. The zero-order valence-corrected chi connectivity index (χ0v) is 17.9. The molecule has 2 heteroatoms. The molecule has 0 atom stereocenters. The Morgan fingerprint density at radius 3 is 1.15 bits per heavy atom. The highest BCUT2D eigenvalue weighted by atomic mass is 16.3. The number of benzene rings is 2. The number of rotatable bonds is 0. The zero-order valence-electron chi connectivity index (χ0n) is 17.9. The molecule has 0 unspecified atom stereocenters. The summed E-state index contributed by atoms with van der Waals surface area (Å²) < 4.78 is 0. The van der Waals surface area contributed by atoms with E-state index in [2.05, 4.69) is 62.3 Å². The average Bonchev–Trinajstić information content (AvgIpc) is 2.45. The standard InChI is InChI=1S/C14H22O.C10H14O/c1-13(2,3)10-8-7-9-11(12(10)15)14(4,5)6;1-10(2,3)8-6-4-5-7-9(8)11/h7-9,15H,1-6H3;4-7,11H,1-3H3. The van der Waals surface area contributed by atoms with Crippen LogP contribution >= 0.6 is 0 Å². The molecule has 0 aliphatic heterocycles. The fourth-order valence-corrected chi connectivity index (χ4v) is 2.86. The summed E-state index contributed by atoms with van der Waals surface area (Å²) in [5.74, 6) is 0.845. The van der Waals surface area contributed by atoms with Crippen LogP contribution in [0, 0.1) is 0 Å². The number of hydrogen-bond donors (Lipinski definition) is 2. The molecule has 144 valence electrons. The van der Waals surface area contributed by atoms with E-state index in [9.17, 15) is 10.2 Å². The van der Waals surface area contributed by atoms with E-state index in [0.29, 0.717) is 11.5 Å². The van der Waals surface area contributed by atoms with Crippen molar-refractivity contribution < 1.29 is 10.2 Å². The predicted octanol–water partition coefficient (Wildman–Crippen LogP) is 6.68. The Morgan fingerprint density at radius 1 is 0.500 bits per heavy atom. The van der Waals surface area contributed by atoms with Crippen molar-refractivity contribution in [1.82, 2.24) is 0 Å². The maximum atomic E-state index is 10.3. The van der Waals surface area contributed by atoms with Crippen LogP contribution < -0.4 is 0 Å². The number of phenolic OH excluding ortho intramolecular Hbond substituents is 2. The van der Waals surface area contributed by atoms with Gasteiger partial charge in [0.2, 0.25) is 0 Å². The number of aromatic hydroxyl groups is 2. The Kier molecular flexibility index (Phi) is 6.57. The van der Waals surface area contributed by atoms with Crippen LogP contribution in [0.25, 0.3) is 0 Å². The molecular weight excluding hydrogens is 320 g/mol. The number of hydrogen-bond acceptors (Lipinski definition) is 2. The molecule has 0 aliphatic rings. The van der Waals surface area contributed by atoms with Gasteiger partial charge in [-0.15, -0.1) is 0 Å². The Morgan fingerprint density at radius 2 is 0.846 bits per heavy atom. The highest BCUT2D eigenvalue weighted by molar-refractivity contribution is 5.46. The Labute approximate surface area is 159 Å². The van der Waals surface area contributed by atoms with Gasteiger partial charge in [-0.25, -0.2) is 0 Å². The molecule has 2 aromatic rings. The molecule has 0 aliphatic carbocycles. The van der Waals surface area contributed by atoms with Crippen molar-refractivity contribution in [3.63, 3.8) is 0 Å². The molecule has 0 amide bonds. The third-order valence-electron chi connectivity index (χ3n) is 4.36. The van der Waals surface area contributed by atoms with Crippen molar-refractivity contribution in [3.05, 3.63) is 59.2 Å². The molecule has 2 nitrogen and oxygen atoms in total. The van der Waals surface area contributed by atoms with Crippen LogP contribution in [0.5, 0.6) is 11.5 Å². The van der Waals surface area contributed by atoms with E-state index in [1.54, 1.807) is 6.07 Å². The topological polar surface area (TPSA) is 40.5 Å². The first kappa shape index (κ1) is 22.1. The van der Waals surface area contributed by atoms with E-state index in [4.69, 9.17) is 0 Å². The second kappa shape index (κ2) is 7.73. The summed E-state index contributed by atoms with van der Waals surface area (Å²) in [4.78, 5) is 0. The van der Waals surface area contributed by atoms with Gasteiger partial charge in [0.05, 0.1) is 0 Å². The summed E-state index contributed by atoms with van der Waals surface area (Å²) in [6.07, 6.45) is 0. The third-order valence-corrected chi connectivity index (χ3v) is 4.36. The zero-order chi connectivity index (χ0) is 20.3. The van der Waals surface area contributed by atoms with Gasteiger partial charge < -0.3 is 10.2 Å². The summed E-state index contributed by atoms with van der Waals surface area (Å²) in [7, 11) is 0. The van der Waals surface area contributed by atoms with E-state index < -0.39 is 0 Å². The van der Waals surface area contributed by atoms with Crippen molar-refractivity contribution in [1.29, 1.82) is 0 Å². The molecule has 0 heterocycles. The van der Waals surface area contributed by atoms with Gasteiger partial charge in [0, 0.05) is 0 Å². The van der Waals surface area contributed by atoms with Crippen molar-refractivity contribution >= 4 is 0 Å². The fourth-order valence-electron chi connectivity index (χ4n) is 2.86. The molecule has 0 bridgehead atoms. The SMILES string of the molecule is CC(C)(C)c1cccc(C(C)(C)C)c1O.CC(C)(C)c1ccccc1O. The van der Waals surface area contributed by atoms with Crippen molar-refractivity contribution in [2.45, 2.75) is 78.6 Å². The van der Waals surface area contributed by atoms with Crippen LogP contribution in [0.4, 0.5) is 0 Å². The predicted molar refractivity (Wildman–Crippen MR) is 112 cm³/mol. The van der Waals surface area contributed by atoms with Gasteiger partial charge in [0.25, 0.3) is 0 Å². The molecule has 26 heavy (non-hydrogen) atoms. The number of phenols is 2. The van der Waals surface area contributed by atoms with E-state index in [0.717, 1.165) is 16.7 Å². The van der Waals surface area contributed by atoms with Gasteiger partial charge in [-0.3, -0.25) is 0 Å². The second-order valence-corrected chi connectivity index (χ2v) is 9.97. The molecule has 2 N–H and O–H groups in total. The van der Waals surface area contributed by atoms with E-state index in [1.807, 2.05) is 36.4 Å². The average molecular weight is 357 g/mol. The maximum Gasteiger partial charge on any atom is 0.123 e. The van der Waals surface area contributed by atoms with Gasteiger partial charge in [-0.1, -0.05) is 98.7 Å². The molecule has 2 aromatic carbocycles. The number of para-hydroxylation sites is 2. The lowest BCUT2D eigenvalue weighted by molar-refractivity contribution is 0.423. The van der Waals surface area contributed by atoms with E-state index >= 15 is 0 Å². The van der Waals surface area contributed by atoms with Crippen LogP contribution in [0.1, 0.15) is 79.0 Å². The Hall–Kier alpha value is -1.96. The second-order valence-electron chi connectivity index (χ2n) is 9.97. The third kappa shape index (κ3) is 5.79. The lowest BCUT2D eigenvalue weighted by Gasteiger charge is -2.26.